The zero-order valence-electron chi connectivity index (χ0n) is 11.4. The van der Waals surface area contributed by atoms with Crippen LogP contribution in [0.5, 0.6) is 0 Å². The summed E-state index contributed by atoms with van der Waals surface area (Å²) in [4.78, 5) is 14.7. The van der Waals surface area contributed by atoms with Gasteiger partial charge in [-0.05, 0) is 55.2 Å². The maximum Gasteiger partial charge on any atom is 0.258 e. The van der Waals surface area contributed by atoms with Crippen LogP contribution in [0.2, 0.25) is 0 Å². The molecule has 1 amide bonds. The molecule has 0 atom stereocenters. The molecule has 0 fully saturated rings. The van der Waals surface area contributed by atoms with E-state index < -0.39 is 0 Å². The highest BCUT2D eigenvalue weighted by Gasteiger charge is 2.23. The quantitative estimate of drug-likeness (QED) is 0.761. The minimum Gasteiger partial charge on any atom is -0.308 e. The van der Waals surface area contributed by atoms with Crippen molar-refractivity contribution < 1.29 is 4.79 Å². The summed E-state index contributed by atoms with van der Waals surface area (Å²) in [6.45, 7) is 2.80. The average Bonchev–Trinajstić information content (AvgIpc) is 2.45. The first-order valence-corrected chi connectivity index (χ1v) is 7.61. The van der Waals surface area contributed by atoms with Crippen molar-refractivity contribution in [1.29, 1.82) is 0 Å². The van der Waals surface area contributed by atoms with E-state index in [1.807, 2.05) is 48.2 Å². The standard InChI is InChI=1S/C17H16BrNO/c1-12-9-14(11-15(18)10-12)17(20)19-8-4-6-13-5-2-3-7-16(13)19/h2-3,5,7,9-11H,4,6,8H2,1H3. The Bertz CT molecular complexity index is 646. The Hall–Kier alpha value is -1.61. The molecule has 1 heterocycles. The molecule has 0 bridgehead atoms. The summed E-state index contributed by atoms with van der Waals surface area (Å²) >= 11 is 3.47. The molecule has 0 N–H and O–H groups in total. The SMILES string of the molecule is Cc1cc(Br)cc(C(=O)N2CCCc3ccccc32)c1. The summed E-state index contributed by atoms with van der Waals surface area (Å²) in [7, 11) is 0. The highest BCUT2D eigenvalue weighted by molar-refractivity contribution is 9.10. The molecule has 0 unspecified atom stereocenters. The topological polar surface area (TPSA) is 20.3 Å². The van der Waals surface area contributed by atoms with Crippen LogP contribution in [0.1, 0.15) is 27.9 Å². The molecule has 0 spiro atoms. The molecule has 20 heavy (non-hydrogen) atoms. The first-order chi connectivity index (χ1) is 9.65. The zero-order chi connectivity index (χ0) is 14.1. The van der Waals surface area contributed by atoms with Crippen molar-refractivity contribution in [3.8, 4) is 0 Å². The van der Waals surface area contributed by atoms with E-state index in [0.29, 0.717) is 0 Å². The molecule has 1 aliphatic rings. The van der Waals surface area contributed by atoms with Gasteiger partial charge in [0.15, 0.2) is 0 Å². The van der Waals surface area contributed by atoms with E-state index in [9.17, 15) is 4.79 Å². The Morgan fingerprint density at radius 2 is 2.00 bits per heavy atom. The lowest BCUT2D eigenvalue weighted by Crippen LogP contribution is -2.35. The van der Waals surface area contributed by atoms with Gasteiger partial charge in [0, 0.05) is 22.3 Å². The van der Waals surface area contributed by atoms with Crippen molar-refractivity contribution in [2.24, 2.45) is 0 Å². The molecule has 2 aromatic rings. The van der Waals surface area contributed by atoms with Gasteiger partial charge in [0.05, 0.1) is 0 Å². The van der Waals surface area contributed by atoms with E-state index in [1.54, 1.807) is 0 Å². The molecule has 3 rings (SSSR count). The Kier molecular flexibility index (Phi) is 3.62. The van der Waals surface area contributed by atoms with Gasteiger partial charge < -0.3 is 4.90 Å². The Labute approximate surface area is 127 Å². The van der Waals surface area contributed by atoms with Crippen molar-refractivity contribution in [2.75, 3.05) is 11.4 Å². The lowest BCUT2D eigenvalue weighted by Gasteiger charge is -2.29. The van der Waals surface area contributed by atoms with Crippen LogP contribution in [0.3, 0.4) is 0 Å². The Morgan fingerprint density at radius 3 is 2.80 bits per heavy atom. The van der Waals surface area contributed by atoms with Gasteiger partial charge in [0.25, 0.3) is 5.91 Å². The van der Waals surface area contributed by atoms with Crippen LogP contribution < -0.4 is 4.90 Å². The minimum absolute atomic E-state index is 0.0848. The normalized spacial score (nSPS) is 14.0. The Morgan fingerprint density at radius 1 is 1.20 bits per heavy atom. The van der Waals surface area contributed by atoms with Gasteiger partial charge in [0.2, 0.25) is 0 Å². The van der Waals surface area contributed by atoms with Gasteiger partial charge in [-0.15, -0.1) is 0 Å². The third-order valence-electron chi connectivity index (χ3n) is 3.64. The molecule has 0 radical (unpaired) electrons. The van der Waals surface area contributed by atoms with E-state index in [4.69, 9.17) is 0 Å². The summed E-state index contributed by atoms with van der Waals surface area (Å²) in [6.07, 6.45) is 2.08. The van der Waals surface area contributed by atoms with Gasteiger partial charge >= 0.3 is 0 Å². The monoisotopic (exact) mass is 329 g/mol. The molecular formula is C17H16BrNO. The summed E-state index contributed by atoms with van der Waals surface area (Å²) in [5.74, 6) is 0.0848. The summed E-state index contributed by atoms with van der Waals surface area (Å²) in [5.41, 5.74) is 4.15. The van der Waals surface area contributed by atoms with E-state index in [0.717, 1.165) is 40.7 Å². The molecule has 2 nitrogen and oxygen atoms in total. The largest absolute Gasteiger partial charge is 0.308 e. The number of benzene rings is 2. The van der Waals surface area contributed by atoms with Crippen LogP contribution >= 0.6 is 15.9 Å². The fraction of sp³-hybridized carbons (Fsp3) is 0.235. The number of aryl methyl sites for hydroxylation is 2. The lowest BCUT2D eigenvalue weighted by molar-refractivity contribution is 0.0985. The fourth-order valence-electron chi connectivity index (χ4n) is 2.76. The molecule has 0 saturated carbocycles. The van der Waals surface area contributed by atoms with E-state index in [2.05, 4.69) is 22.0 Å². The van der Waals surface area contributed by atoms with Gasteiger partial charge in [-0.3, -0.25) is 4.79 Å². The predicted octanol–water partition coefficient (Wildman–Crippen LogP) is 4.35. The van der Waals surface area contributed by atoms with Crippen LogP contribution in [0, 0.1) is 6.92 Å². The Balaban J connectivity index is 1.99. The summed E-state index contributed by atoms with van der Waals surface area (Å²) in [6, 6.07) is 14.0. The number of fused-ring (bicyclic) bond motifs is 1. The van der Waals surface area contributed by atoms with E-state index in [1.165, 1.54) is 5.56 Å². The maximum absolute atomic E-state index is 12.8. The number of halogens is 1. The van der Waals surface area contributed by atoms with Gasteiger partial charge in [-0.25, -0.2) is 0 Å². The van der Waals surface area contributed by atoms with Crippen LogP contribution in [-0.2, 0) is 6.42 Å². The van der Waals surface area contributed by atoms with Crippen molar-refractivity contribution in [3.05, 3.63) is 63.6 Å². The van der Waals surface area contributed by atoms with E-state index >= 15 is 0 Å². The van der Waals surface area contributed by atoms with Crippen molar-refractivity contribution in [1.82, 2.24) is 0 Å². The molecular weight excluding hydrogens is 314 g/mol. The first-order valence-electron chi connectivity index (χ1n) is 6.82. The predicted molar refractivity (Wildman–Crippen MR) is 85.3 cm³/mol. The van der Waals surface area contributed by atoms with Crippen molar-refractivity contribution in [2.45, 2.75) is 19.8 Å². The van der Waals surface area contributed by atoms with Crippen LogP contribution in [0.25, 0.3) is 0 Å². The molecule has 1 aliphatic heterocycles. The molecule has 3 heteroatoms. The number of para-hydroxylation sites is 1. The number of anilines is 1. The maximum atomic E-state index is 12.8. The van der Waals surface area contributed by atoms with Gasteiger partial charge in [-0.1, -0.05) is 34.1 Å². The van der Waals surface area contributed by atoms with Gasteiger partial charge in [0.1, 0.15) is 0 Å². The second kappa shape index (κ2) is 5.41. The van der Waals surface area contributed by atoms with Crippen molar-refractivity contribution >= 4 is 27.5 Å². The number of hydrogen-bond donors (Lipinski definition) is 0. The number of amides is 1. The smallest absolute Gasteiger partial charge is 0.258 e. The van der Waals surface area contributed by atoms with Gasteiger partial charge in [-0.2, -0.15) is 0 Å². The van der Waals surface area contributed by atoms with Crippen LogP contribution in [0.4, 0.5) is 5.69 Å². The zero-order valence-corrected chi connectivity index (χ0v) is 13.0. The van der Waals surface area contributed by atoms with Crippen LogP contribution in [-0.4, -0.2) is 12.5 Å². The van der Waals surface area contributed by atoms with Crippen molar-refractivity contribution in [3.63, 3.8) is 0 Å². The molecule has 2 aromatic carbocycles. The number of nitrogens with zero attached hydrogens (tertiary/aromatic N) is 1. The minimum atomic E-state index is 0.0848. The lowest BCUT2D eigenvalue weighted by atomic mass is 10.0. The van der Waals surface area contributed by atoms with Crippen LogP contribution in [0.15, 0.2) is 46.9 Å². The molecule has 0 saturated heterocycles. The fourth-order valence-corrected chi connectivity index (χ4v) is 3.37. The second-order valence-corrected chi connectivity index (χ2v) is 6.12. The third kappa shape index (κ3) is 2.50. The van der Waals surface area contributed by atoms with E-state index in [-0.39, 0.29) is 5.91 Å². The summed E-state index contributed by atoms with van der Waals surface area (Å²) < 4.78 is 0.950. The number of hydrogen-bond acceptors (Lipinski definition) is 1. The number of carbonyl (C=O) groups is 1. The highest BCUT2D eigenvalue weighted by Crippen LogP contribution is 2.28. The third-order valence-corrected chi connectivity index (χ3v) is 4.10. The average molecular weight is 330 g/mol. The number of rotatable bonds is 1. The first kappa shape index (κ1) is 13.4. The summed E-state index contributed by atoms with van der Waals surface area (Å²) in [5, 5.41) is 0. The number of carbonyl (C=O) groups excluding carboxylic acids is 1. The molecule has 0 aromatic heterocycles. The molecule has 102 valence electrons. The highest BCUT2D eigenvalue weighted by atomic mass is 79.9. The molecule has 0 aliphatic carbocycles. The second-order valence-electron chi connectivity index (χ2n) is 5.21.